The summed E-state index contributed by atoms with van der Waals surface area (Å²) in [5, 5.41) is 0. The van der Waals surface area contributed by atoms with Crippen molar-refractivity contribution in [2.75, 3.05) is 6.54 Å². The van der Waals surface area contributed by atoms with Gasteiger partial charge in [0, 0.05) is 31.5 Å². The molecule has 0 saturated carbocycles. The fourth-order valence-corrected chi connectivity index (χ4v) is 4.61. The first-order chi connectivity index (χ1) is 15.3. The Morgan fingerprint density at radius 3 is 2.52 bits per heavy atom. The molecule has 0 saturated heterocycles. The molecule has 0 aliphatic carbocycles. The predicted molar refractivity (Wildman–Crippen MR) is 125 cm³/mol. The molecule has 1 aliphatic rings. The molecule has 5 rings (SSSR count). The van der Waals surface area contributed by atoms with Crippen LogP contribution in [0.25, 0.3) is 0 Å². The highest BCUT2D eigenvalue weighted by molar-refractivity contribution is 5.38. The van der Waals surface area contributed by atoms with Gasteiger partial charge in [-0.2, -0.15) is 0 Å². The lowest BCUT2D eigenvalue weighted by atomic mass is 10.0. The van der Waals surface area contributed by atoms with Crippen LogP contribution >= 0.6 is 0 Å². The standard InChI is InChI=1S/C28H28N2O/c1-22-9-5-10-23(19-22)21-30-18-8-17-29-16-7-15-27(29)28(30)24-11-6-14-26(20-24)31-25-12-3-2-4-13-25/h2-7,9-16,19-20,28H,8,17-18,21H2,1H3. The van der Waals surface area contributed by atoms with Gasteiger partial charge < -0.3 is 9.30 Å². The van der Waals surface area contributed by atoms with Crippen molar-refractivity contribution < 1.29 is 4.74 Å². The lowest BCUT2D eigenvalue weighted by molar-refractivity contribution is 0.220. The second-order valence-electron chi connectivity index (χ2n) is 8.33. The SMILES string of the molecule is Cc1cccc(CN2CCCn3cccc3C2c2cccc(Oc3ccccc3)c2)c1. The number of rotatable bonds is 5. The van der Waals surface area contributed by atoms with Gasteiger partial charge in [-0.3, -0.25) is 4.90 Å². The van der Waals surface area contributed by atoms with Crippen LogP contribution in [0.2, 0.25) is 0 Å². The van der Waals surface area contributed by atoms with E-state index in [2.05, 4.69) is 77.2 Å². The largest absolute Gasteiger partial charge is 0.457 e. The topological polar surface area (TPSA) is 17.4 Å². The molecule has 3 aromatic carbocycles. The van der Waals surface area contributed by atoms with Crippen LogP contribution in [-0.4, -0.2) is 16.0 Å². The van der Waals surface area contributed by atoms with Crippen molar-refractivity contribution in [3.05, 3.63) is 120 Å². The minimum absolute atomic E-state index is 0.192. The molecule has 3 heteroatoms. The van der Waals surface area contributed by atoms with E-state index < -0.39 is 0 Å². The molecule has 31 heavy (non-hydrogen) atoms. The van der Waals surface area contributed by atoms with Gasteiger partial charge in [-0.15, -0.1) is 0 Å². The smallest absolute Gasteiger partial charge is 0.127 e. The van der Waals surface area contributed by atoms with Crippen LogP contribution in [0.4, 0.5) is 0 Å². The molecule has 0 bridgehead atoms. The average Bonchev–Trinajstić information content (AvgIpc) is 3.16. The van der Waals surface area contributed by atoms with E-state index in [0.29, 0.717) is 0 Å². The van der Waals surface area contributed by atoms with Crippen molar-refractivity contribution in [2.24, 2.45) is 0 Å². The van der Waals surface area contributed by atoms with Gasteiger partial charge in [-0.25, -0.2) is 0 Å². The van der Waals surface area contributed by atoms with Crippen molar-refractivity contribution in [3.63, 3.8) is 0 Å². The molecule has 0 spiro atoms. The number of hydrogen-bond acceptors (Lipinski definition) is 2. The summed E-state index contributed by atoms with van der Waals surface area (Å²) in [7, 11) is 0. The Morgan fingerprint density at radius 2 is 1.65 bits per heavy atom. The van der Waals surface area contributed by atoms with E-state index in [9.17, 15) is 0 Å². The molecule has 2 heterocycles. The number of benzene rings is 3. The van der Waals surface area contributed by atoms with Crippen LogP contribution < -0.4 is 4.74 Å². The Kier molecular flexibility index (Phi) is 5.59. The van der Waals surface area contributed by atoms with E-state index in [1.54, 1.807) is 0 Å². The average molecular weight is 409 g/mol. The monoisotopic (exact) mass is 408 g/mol. The summed E-state index contributed by atoms with van der Waals surface area (Å²) < 4.78 is 8.56. The minimum Gasteiger partial charge on any atom is -0.457 e. The van der Waals surface area contributed by atoms with Crippen LogP contribution in [-0.2, 0) is 13.1 Å². The number of aryl methyl sites for hydroxylation is 2. The molecule has 1 atom stereocenters. The van der Waals surface area contributed by atoms with Gasteiger partial charge in [0.2, 0.25) is 0 Å². The summed E-state index contributed by atoms with van der Waals surface area (Å²) in [5.74, 6) is 1.74. The van der Waals surface area contributed by atoms with Crippen LogP contribution in [0, 0.1) is 6.92 Å². The zero-order chi connectivity index (χ0) is 21.0. The molecule has 156 valence electrons. The minimum atomic E-state index is 0.192. The van der Waals surface area contributed by atoms with Crippen molar-refractivity contribution in [3.8, 4) is 11.5 Å². The maximum absolute atomic E-state index is 6.15. The third-order valence-corrected chi connectivity index (χ3v) is 5.98. The Bertz CT molecular complexity index is 1150. The van der Waals surface area contributed by atoms with Crippen LogP contribution in [0.15, 0.2) is 97.2 Å². The first-order valence-electron chi connectivity index (χ1n) is 11.0. The molecule has 4 aromatic rings. The zero-order valence-electron chi connectivity index (χ0n) is 17.9. The van der Waals surface area contributed by atoms with Gasteiger partial charge in [-0.1, -0.05) is 60.2 Å². The van der Waals surface area contributed by atoms with Crippen LogP contribution in [0.1, 0.15) is 34.8 Å². The molecule has 0 N–H and O–H groups in total. The van der Waals surface area contributed by atoms with E-state index in [0.717, 1.165) is 37.6 Å². The van der Waals surface area contributed by atoms with Crippen molar-refractivity contribution >= 4 is 0 Å². The number of para-hydroxylation sites is 1. The molecular weight excluding hydrogens is 380 g/mol. The Balaban J connectivity index is 1.51. The van der Waals surface area contributed by atoms with Crippen molar-refractivity contribution in [1.82, 2.24) is 9.47 Å². The number of aromatic nitrogens is 1. The number of ether oxygens (including phenoxy) is 1. The fourth-order valence-electron chi connectivity index (χ4n) is 4.61. The summed E-state index contributed by atoms with van der Waals surface area (Å²) in [4.78, 5) is 2.61. The van der Waals surface area contributed by atoms with Crippen LogP contribution in [0.3, 0.4) is 0 Å². The zero-order valence-corrected chi connectivity index (χ0v) is 17.9. The molecule has 1 unspecified atom stereocenters. The summed E-state index contributed by atoms with van der Waals surface area (Å²) in [6.07, 6.45) is 3.35. The molecule has 3 nitrogen and oxygen atoms in total. The highest BCUT2D eigenvalue weighted by Gasteiger charge is 2.27. The molecule has 1 aliphatic heterocycles. The fraction of sp³-hybridized carbons (Fsp3) is 0.214. The van der Waals surface area contributed by atoms with E-state index in [1.807, 2.05) is 36.4 Å². The van der Waals surface area contributed by atoms with Crippen molar-refractivity contribution in [2.45, 2.75) is 32.5 Å². The predicted octanol–water partition coefficient (Wildman–Crippen LogP) is 6.58. The van der Waals surface area contributed by atoms with E-state index in [4.69, 9.17) is 4.74 Å². The Hall–Kier alpha value is -3.30. The first kappa shape index (κ1) is 19.7. The summed E-state index contributed by atoms with van der Waals surface area (Å²) >= 11 is 0. The maximum Gasteiger partial charge on any atom is 0.127 e. The maximum atomic E-state index is 6.15. The Morgan fingerprint density at radius 1 is 0.806 bits per heavy atom. The van der Waals surface area contributed by atoms with Crippen LogP contribution in [0.5, 0.6) is 11.5 Å². The molecule has 1 aromatic heterocycles. The molecule has 0 amide bonds. The van der Waals surface area contributed by atoms with E-state index in [-0.39, 0.29) is 6.04 Å². The lowest BCUT2D eigenvalue weighted by Gasteiger charge is -2.31. The van der Waals surface area contributed by atoms with E-state index >= 15 is 0 Å². The van der Waals surface area contributed by atoms with Gasteiger partial charge in [0.25, 0.3) is 0 Å². The quantitative estimate of drug-likeness (QED) is 0.371. The first-order valence-corrected chi connectivity index (χ1v) is 11.0. The second kappa shape index (κ2) is 8.83. The summed E-state index contributed by atoms with van der Waals surface area (Å²) in [6.45, 7) is 5.22. The molecule has 0 fully saturated rings. The van der Waals surface area contributed by atoms with Gasteiger partial charge in [0.05, 0.1) is 6.04 Å². The summed E-state index contributed by atoms with van der Waals surface area (Å²) in [6, 6.07) is 32.1. The highest BCUT2D eigenvalue weighted by atomic mass is 16.5. The number of nitrogens with zero attached hydrogens (tertiary/aromatic N) is 2. The Labute approximate surface area is 184 Å². The van der Waals surface area contributed by atoms with Gasteiger partial charge in [0.15, 0.2) is 0 Å². The number of hydrogen-bond donors (Lipinski definition) is 0. The van der Waals surface area contributed by atoms with Gasteiger partial charge in [0.1, 0.15) is 11.5 Å². The molecular formula is C28H28N2O. The second-order valence-corrected chi connectivity index (χ2v) is 8.33. The third kappa shape index (κ3) is 4.42. The van der Waals surface area contributed by atoms with Gasteiger partial charge in [-0.05, 0) is 60.9 Å². The molecule has 0 radical (unpaired) electrons. The van der Waals surface area contributed by atoms with E-state index in [1.165, 1.54) is 22.4 Å². The van der Waals surface area contributed by atoms with Gasteiger partial charge >= 0.3 is 0 Å². The highest BCUT2D eigenvalue weighted by Crippen LogP contribution is 2.35. The third-order valence-electron chi connectivity index (χ3n) is 5.98. The summed E-state index contributed by atoms with van der Waals surface area (Å²) in [5.41, 5.74) is 5.29. The lowest BCUT2D eigenvalue weighted by Crippen LogP contribution is -2.29. The normalized spacial score (nSPS) is 16.5. The van der Waals surface area contributed by atoms with Crippen molar-refractivity contribution in [1.29, 1.82) is 0 Å². The number of fused-ring (bicyclic) bond motifs is 1.